The Balaban J connectivity index is 1.22. The maximum absolute atomic E-state index is 13.8. The number of furan rings is 1. The van der Waals surface area contributed by atoms with E-state index < -0.39 is 0 Å². The summed E-state index contributed by atoms with van der Waals surface area (Å²) in [5, 5.41) is 5.89. The maximum atomic E-state index is 13.8. The highest BCUT2D eigenvalue weighted by Crippen LogP contribution is 2.33. The van der Waals surface area contributed by atoms with Crippen molar-refractivity contribution in [1.82, 2.24) is 14.2 Å². The molecule has 3 aromatic heterocycles. The summed E-state index contributed by atoms with van der Waals surface area (Å²) in [4.78, 5) is 18.5. The number of hydrogen-bond donors (Lipinski definition) is 0. The van der Waals surface area contributed by atoms with Crippen LogP contribution in [-0.2, 0) is 6.61 Å². The number of benzene rings is 4. The zero-order chi connectivity index (χ0) is 31.8. The Labute approximate surface area is 263 Å². The van der Waals surface area contributed by atoms with E-state index in [0.29, 0.717) is 40.4 Å². The molecule has 0 bridgehead atoms. The summed E-state index contributed by atoms with van der Waals surface area (Å²) in [6.07, 6.45) is 1.67. The van der Waals surface area contributed by atoms with Gasteiger partial charge >= 0.3 is 0 Å². The van der Waals surface area contributed by atoms with Crippen molar-refractivity contribution in [3.05, 3.63) is 142 Å². The summed E-state index contributed by atoms with van der Waals surface area (Å²) in [7, 11) is 1.60. The molecule has 8 nitrogen and oxygen atoms in total. The molecule has 0 fully saturated rings. The average molecular weight is 613 g/mol. The summed E-state index contributed by atoms with van der Waals surface area (Å²) in [6, 6.07) is 30.6. The van der Waals surface area contributed by atoms with E-state index in [1.54, 1.807) is 43.7 Å². The number of nitrogens with zero attached hydrogens (tertiary/aromatic N) is 4. The second-order valence-electron chi connectivity index (χ2n) is 10.9. The van der Waals surface area contributed by atoms with Gasteiger partial charge in [-0.2, -0.15) is 9.78 Å². The normalized spacial score (nSPS) is 11.6. The van der Waals surface area contributed by atoms with Crippen LogP contribution in [0.4, 0.5) is 4.39 Å². The molecule has 0 atom stereocenters. The van der Waals surface area contributed by atoms with Crippen LogP contribution in [0.15, 0.2) is 117 Å². The minimum Gasteiger partial charge on any atom is -0.496 e. The molecule has 0 spiro atoms. The lowest BCUT2D eigenvalue weighted by molar-refractivity contribution is 0.306. The summed E-state index contributed by atoms with van der Waals surface area (Å²) >= 11 is 0. The van der Waals surface area contributed by atoms with Crippen LogP contribution < -0.4 is 15.0 Å². The summed E-state index contributed by atoms with van der Waals surface area (Å²) < 4.78 is 34.1. The molecule has 46 heavy (non-hydrogen) atoms. The smallest absolute Gasteiger partial charge is 0.282 e. The fourth-order valence-electron chi connectivity index (χ4n) is 5.59. The van der Waals surface area contributed by atoms with Gasteiger partial charge in [0.05, 0.1) is 29.6 Å². The van der Waals surface area contributed by atoms with E-state index in [4.69, 9.17) is 18.9 Å². The van der Waals surface area contributed by atoms with Crippen molar-refractivity contribution in [2.45, 2.75) is 20.5 Å². The van der Waals surface area contributed by atoms with Crippen molar-refractivity contribution in [1.29, 1.82) is 0 Å². The van der Waals surface area contributed by atoms with Crippen LogP contribution in [0.25, 0.3) is 39.1 Å². The number of fused-ring (bicyclic) bond motifs is 2. The SMILES string of the molecule is COc1cccc2oc(-c3nc4ccccc4c(=O)n3N=Cc3cc(C)n(-c4ccc(OCc5ccc(F)cc5)cc4)c3C)cc12. The topological polar surface area (TPSA) is 83.8 Å². The summed E-state index contributed by atoms with van der Waals surface area (Å²) in [5.41, 5.74) is 5.46. The third kappa shape index (κ3) is 5.32. The number of aryl methyl sites for hydroxylation is 1. The molecular weight excluding hydrogens is 583 g/mol. The Bertz CT molecular complexity index is 2300. The van der Waals surface area contributed by atoms with Gasteiger partial charge in [-0.25, -0.2) is 9.37 Å². The largest absolute Gasteiger partial charge is 0.496 e. The van der Waals surface area contributed by atoms with Gasteiger partial charge in [0.2, 0.25) is 5.82 Å². The van der Waals surface area contributed by atoms with Crippen LogP contribution in [0.5, 0.6) is 11.5 Å². The Morgan fingerprint density at radius 3 is 2.48 bits per heavy atom. The summed E-state index contributed by atoms with van der Waals surface area (Å²) in [6.45, 7) is 4.36. The highest BCUT2D eigenvalue weighted by atomic mass is 19.1. The molecule has 3 heterocycles. The van der Waals surface area contributed by atoms with Gasteiger partial charge in [0.25, 0.3) is 5.56 Å². The number of methoxy groups -OCH3 is 1. The van der Waals surface area contributed by atoms with Gasteiger partial charge in [-0.15, -0.1) is 0 Å². The van der Waals surface area contributed by atoms with Gasteiger partial charge in [0, 0.05) is 22.6 Å². The second-order valence-corrected chi connectivity index (χ2v) is 10.9. The van der Waals surface area contributed by atoms with Crippen LogP contribution in [0.2, 0.25) is 0 Å². The molecule has 0 amide bonds. The maximum Gasteiger partial charge on any atom is 0.282 e. The zero-order valence-electron chi connectivity index (χ0n) is 25.4. The quantitative estimate of drug-likeness (QED) is 0.163. The van der Waals surface area contributed by atoms with E-state index in [1.165, 1.54) is 16.8 Å². The standard InChI is InChI=1S/C37H29FN4O4/c1-23-19-26(24(2)41(23)28-15-17-29(18-16-28)45-22-25-11-13-27(38)14-12-25)21-39-42-36(40-32-8-5-4-7-30(32)37(42)43)35-20-31-33(44-3)9-6-10-34(31)46-35/h4-21H,22H2,1-3H3. The van der Waals surface area contributed by atoms with Crippen molar-refractivity contribution in [3.8, 4) is 28.8 Å². The molecule has 7 rings (SSSR count). The average Bonchev–Trinajstić information content (AvgIpc) is 3.64. The lowest BCUT2D eigenvalue weighted by Gasteiger charge is -2.11. The van der Waals surface area contributed by atoms with E-state index >= 15 is 0 Å². The summed E-state index contributed by atoms with van der Waals surface area (Å²) in [5.74, 6) is 1.76. The molecule has 0 saturated carbocycles. The van der Waals surface area contributed by atoms with Crippen LogP contribution >= 0.6 is 0 Å². The Morgan fingerprint density at radius 2 is 1.70 bits per heavy atom. The highest BCUT2D eigenvalue weighted by Gasteiger charge is 2.18. The van der Waals surface area contributed by atoms with Crippen molar-refractivity contribution in [2.75, 3.05) is 7.11 Å². The van der Waals surface area contributed by atoms with Gasteiger partial charge in [-0.1, -0.05) is 30.3 Å². The van der Waals surface area contributed by atoms with Crippen LogP contribution in [0, 0.1) is 19.7 Å². The second kappa shape index (κ2) is 11.9. The minimum atomic E-state index is -0.311. The Kier molecular flexibility index (Phi) is 7.42. The fraction of sp³-hybridized carbons (Fsp3) is 0.108. The predicted molar refractivity (Wildman–Crippen MR) is 177 cm³/mol. The number of rotatable bonds is 8. The van der Waals surface area contributed by atoms with Gasteiger partial charge in [-0.05, 0) is 92.2 Å². The number of ether oxygens (including phenoxy) is 2. The van der Waals surface area contributed by atoms with Gasteiger partial charge in [0.15, 0.2) is 5.76 Å². The lowest BCUT2D eigenvalue weighted by atomic mass is 10.2. The zero-order valence-corrected chi connectivity index (χ0v) is 25.4. The molecule has 0 aliphatic carbocycles. The van der Waals surface area contributed by atoms with Gasteiger partial charge < -0.3 is 18.5 Å². The number of halogens is 1. The van der Waals surface area contributed by atoms with Crippen LogP contribution in [0.1, 0.15) is 22.5 Å². The van der Waals surface area contributed by atoms with Crippen molar-refractivity contribution in [2.24, 2.45) is 5.10 Å². The van der Waals surface area contributed by atoms with Crippen molar-refractivity contribution < 1.29 is 18.3 Å². The molecule has 0 unspecified atom stereocenters. The molecule has 0 aliphatic rings. The monoisotopic (exact) mass is 612 g/mol. The third-order valence-electron chi connectivity index (χ3n) is 7.91. The number of aromatic nitrogens is 3. The first-order valence-corrected chi connectivity index (χ1v) is 14.7. The van der Waals surface area contributed by atoms with E-state index in [9.17, 15) is 9.18 Å². The molecule has 0 N–H and O–H groups in total. The molecule has 9 heteroatoms. The molecule has 7 aromatic rings. The lowest BCUT2D eigenvalue weighted by Crippen LogP contribution is -2.20. The Morgan fingerprint density at radius 1 is 0.913 bits per heavy atom. The first-order chi connectivity index (χ1) is 22.4. The molecule has 228 valence electrons. The van der Waals surface area contributed by atoms with E-state index in [0.717, 1.165) is 33.6 Å². The van der Waals surface area contributed by atoms with Crippen molar-refractivity contribution >= 4 is 28.1 Å². The third-order valence-corrected chi connectivity index (χ3v) is 7.91. The number of hydrogen-bond acceptors (Lipinski definition) is 6. The first-order valence-electron chi connectivity index (χ1n) is 14.7. The van der Waals surface area contributed by atoms with E-state index in [1.807, 2.05) is 74.5 Å². The highest BCUT2D eigenvalue weighted by molar-refractivity contribution is 5.89. The molecule has 0 aliphatic heterocycles. The van der Waals surface area contributed by atoms with Crippen molar-refractivity contribution in [3.63, 3.8) is 0 Å². The van der Waals surface area contributed by atoms with E-state index in [-0.39, 0.29) is 17.2 Å². The number of para-hydroxylation sites is 1. The molecule has 0 radical (unpaired) electrons. The van der Waals surface area contributed by atoms with E-state index in [2.05, 4.69) is 9.67 Å². The first kappa shape index (κ1) is 28.8. The fourth-order valence-corrected chi connectivity index (χ4v) is 5.59. The van der Waals surface area contributed by atoms with Crippen LogP contribution in [0.3, 0.4) is 0 Å². The van der Waals surface area contributed by atoms with Gasteiger partial charge in [0.1, 0.15) is 29.5 Å². The molecule has 4 aromatic carbocycles. The molecular formula is C37H29FN4O4. The predicted octanol–water partition coefficient (Wildman–Crippen LogP) is 7.83. The van der Waals surface area contributed by atoms with Gasteiger partial charge in [-0.3, -0.25) is 4.79 Å². The van der Waals surface area contributed by atoms with Crippen LogP contribution in [-0.4, -0.2) is 27.6 Å². The molecule has 0 saturated heterocycles. The Hall–Kier alpha value is -5.96. The minimum absolute atomic E-state index is 0.274.